The highest BCUT2D eigenvalue weighted by Gasteiger charge is 2.16. The van der Waals surface area contributed by atoms with Crippen molar-refractivity contribution in [2.75, 3.05) is 13.7 Å². The number of nitrogens with one attached hydrogen (secondary N) is 2. The van der Waals surface area contributed by atoms with E-state index in [9.17, 15) is 4.79 Å². The van der Waals surface area contributed by atoms with E-state index in [4.69, 9.17) is 4.74 Å². The first-order valence-corrected chi connectivity index (χ1v) is 9.34. The molecule has 0 aliphatic carbocycles. The van der Waals surface area contributed by atoms with Crippen molar-refractivity contribution in [3.8, 4) is 17.0 Å². The van der Waals surface area contributed by atoms with Crippen molar-refractivity contribution >= 4 is 17.1 Å². The molecule has 7 nitrogen and oxygen atoms in total. The second-order valence-corrected chi connectivity index (χ2v) is 6.70. The molecule has 0 fully saturated rings. The molecule has 0 unspecified atom stereocenters. The fourth-order valence-corrected chi connectivity index (χ4v) is 3.19. The van der Waals surface area contributed by atoms with Crippen LogP contribution >= 0.6 is 0 Å². The Morgan fingerprint density at radius 1 is 1.17 bits per heavy atom. The number of benzene rings is 2. The molecule has 29 heavy (non-hydrogen) atoms. The van der Waals surface area contributed by atoms with Gasteiger partial charge in [-0.05, 0) is 42.7 Å². The smallest absolute Gasteiger partial charge is 0.271 e. The molecule has 1 amide bonds. The maximum absolute atomic E-state index is 12.5. The van der Waals surface area contributed by atoms with Crippen LogP contribution in [0.15, 0.2) is 54.7 Å². The molecule has 0 saturated carbocycles. The Labute approximate surface area is 168 Å². The first kappa shape index (κ1) is 18.6. The van der Waals surface area contributed by atoms with Gasteiger partial charge in [-0.25, -0.2) is 9.97 Å². The predicted molar refractivity (Wildman–Crippen MR) is 111 cm³/mol. The Balaban J connectivity index is 1.56. The third-order valence-corrected chi connectivity index (χ3v) is 4.74. The van der Waals surface area contributed by atoms with Gasteiger partial charge in [0.05, 0.1) is 19.0 Å². The minimum Gasteiger partial charge on any atom is -0.497 e. The molecule has 0 saturated heterocycles. The van der Waals surface area contributed by atoms with Crippen LogP contribution in [0.25, 0.3) is 22.4 Å². The zero-order valence-corrected chi connectivity index (χ0v) is 16.3. The van der Waals surface area contributed by atoms with Crippen molar-refractivity contribution < 1.29 is 9.53 Å². The number of aromatic amines is 1. The fraction of sp³-hybridized carbons (Fsp3) is 0.182. The lowest BCUT2D eigenvalue weighted by Gasteiger charge is -2.07. The lowest BCUT2D eigenvalue weighted by molar-refractivity contribution is 0.0949. The molecule has 2 heterocycles. The van der Waals surface area contributed by atoms with E-state index in [0.29, 0.717) is 17.7 Å². The number of fused-ring (bicyclic) bond motifs is 1. The van der Waals surface area contributed by atoms with Crippen molar-refractivity contribution in [3.05, 3.63) is 71.5 Å². The third kappa shape index (κ3) is 3.94. The van der Waals surface area contributed by atoms with E-state index in [-0.39, 0.29) is 11.6 Å². The van der Waals surface area contributed by atoms with Crippen molar-refractivity contribution in [3.63, 3.8) is 0 Å². The summed E-state index contributed by atoms with van der Waals surface area (Å²) in [6.07, 6.45) is 2.20. The van der Waals surface area contributed by atoms with E-state index in [0.717, 1.165) is 29.0 Å². The normalized spacial score (nSPS) is 10.8. The summed E-state index contributed by atoms with van der Waals surface area (Å²) in [6, 6.07) is 15.8. The first-order valence-electron chi connectivity index (χ1n) is 9.34. The summed E-state index contributed by atoms with van der Waals surface area (Å²) in [5.41, 5.74) is 5.14. The van der Waals surface area contributed by atoms with Crippen LogP contribution in [0.4, 0.5) is 0 Å². The van der Waals surface area contributed by atoms with Gasteiger partial charge in [0, 0.05) is 12.1 Å². The number of H-pyrrole nitrogens is 1. The molecular formula is C22H21N5O2. The number of hydrogen-bond donors (Lipinski definition) is 2. The summed E-state index contributed by atoms with van der Waals surface area (Å²) < 4.78 is 5.27. The fourth-order valence-electron chi connectivity index (χ4n) is 3.19. The summed E-state index contributed by atoms with van der Waals surface area (Å²) >= 11 is 0. The second-order valence-electron chi connectivity index (χ2n) is 6.70. The average molecular weight is 387 g/mol. The van der Waals surface area contributed by atoms with Crippen LogP contribution in [0.5, 0.6) is 5.75 Å². The van der Waals surface area contributed by atoms with Gasteiger partial charge in [-0.2, -0.15) is 5.10 Å². The van der Waals surface area contributed by atoms with Crippen LogP contribution in [0.3, 0.4) is 0 Å². The maximum Gasteiger partial charge on any atom is 0.271 e. The summed E-state index contributed by atoms with van der Waals surface area (Å²) in [5, 5.41) is 10.1. The van der Waals surface area contributed by atoms with Crippen LogP contribution in [0.2, 0.25) is 0 Å². The van der Waals surface area contributed by atoms with Gasteiger partial charge < -0.3 is 10.1 Å². The molecule has 0 radical (unpaired) electrons. The standard InChI is InChI=1S/C22H21N5O2/c1-14-12-16(29-2)8-9-17(14)19-20-21(27-26-19)24-13-18(25-20)22(28)23-11-10-15-6-4-3-5-7-15/h3-9,12-13H,10-11H2,1-2H3,(H,23,28)(H,24,26,27). The number of aromatic nitrogens is 4. The van der Waals surface area contributed by atoms with Crippen LogP contribution in [0, 0.1) is 6.92 Å². The Hall–Kier alpha value is -3.74. The number of rotatable bonds is 6. The molecule has 2 N–H and O–H groups in total. The monoisotopic (exact) mass is 387 g/mol. The topological polar surface area (TPSA) is 92.8 Å². The lowest BCUT2D eigenvalue weighted by atomic mass is 10.0. The van der Waals surface area contributed by atoms with Gasteiger partial charge in [0.25, 0.3) is 5.91 Å². The summed E-state index contributed by atoms with van der Waals surface area (Å²) in [7, 11) is 1.63. The third-order valence-electron chi connectivity index (χ3n) is 4.74. The van der Waals surface area contributed by atoms with E-state index in [1.54, 1.807) is 7.11 Å². The SMILES string of the molecule is COc1ccc(-c2[nH]nc3ncc(C(=O)NCCc4ccccc4)nc23)c(C)c1. The van der Waals surface area contributed by atoms with Gasteiger partial charge in [0.2, 0.25) is 0 Å². The molecule has 4 aromatic rings. The van der Waals surface area contributed by atoms with E-state index >= 15 is 0 Å². The van der Waals surface area contributed by atoms with Crippen LogP contribution in [0.1, 0.15) is 21.6 Å². The average Bonchev–Trinajstić information content (AvgIpc) is 3.17. The minimum atomic E-state index is -0.256. The molecule has 2 aromatic heterocycles. The van der Waals surface area contributed by atoms with E-state index in [1.165, 1.54) is 11.8 Å². The van der Waals surface area contributed by atoms with Gasteiger partial charge in [-0.15, -0.1) is 0 Å². The number of carbonyl (C=O) groups is 1. The highest BCUT2D eigenvalue weighted by molar-refractivity contribution is 5.95. The Kier molecular flexibility index (Phi) is 5.20. The molecule has 0 aliphatic rings. The first-order chi connectivity index (χ1) is 14.2. The molecular weight excluding hydrogens is 366 g/mol. The van der Waals surface area contributed by atoms with Crippen molar-refractivity contribution in [1.29, 1.82) is 0 Å². The molecule has 7 heteroatoms. The van der Waals surface area contributed by atoms with Gasteiger partial charge in [-0.1, -0.05) is 30.3 Å². The van der Waals surface area contributed by atoms with E-state index in [2.05, 4.69) is 25.5 Å². The zero-order valence-electron chi connectivity index (χ0n) is 16.3. The van der Waals surface area contributed by atoms with Gasteiger partial charge in [-0.3, -0.25) is 9.89 Å². The van der Waals surface area contributed by atoms with Crippen molar-refractivity contribution in [2.24, 2.45) is 0 Å². The molecule has 2 aromatic carbocycles. The number of amides is 1. The van der Waals surface area contributed by atoms with Crippen molar-refractivity contribution in [2.45, 2.75) is 13.3 Å². The van der Waals surface area contributed by atoms with Crippen LogP contribution in [-0.4, -0.2) is 39.7 Å². The molecule has 0 bridgehead atoms. The zero-order chi connectivity index (χ0) is 20.2. The predicted octanol–water partition coefficient (Wildman–Crippen LogP) is 3.31. The van der Waals surface area contributed by atoms with E-state index in [1.807, 2.05) is 55.5 Å². The summed E-state index contributed by atoms with van der Waals surface area (Å²) in [5.74, 6) is 0.522. The van der Waals surface area contributed by atoms with Gasteiger partial charge in [0.1, 0.15) is 17.0 Å². The summed E-state index contributed by atoms with van der Waals surface area (Å²) in [6.45, 7) is 2.51. The molecule has 0 atom stereocenters. The van der Waals surface area contributed by atoms with Crippen LogP contribution < -0.4 is 10.1 Å². The van der Waals surface area contributed by atoms with Gasteiger partial charge in [0.15, 0.2) is 5.65 Å². The summed E-state index contributed by atoms with van der Waals surface area (Å²) in [4.78, 5) is 21.3. The molecule has 0 spiro atoms. The lowest BCUT2D eigenvalue weighted by Crippen LogP contribution is -2.26. The number of hydrogen-bond acceptors (Lipinski definition) is 5. The largest absolute Gasteiger partial charge is 0.497 e. The molecule has 0 aliphatic heterocycles. The second kappa shape index (κ2) is 8.10. The highest BCUT2D eigenvalue weighted by Crippen LogP contribution is 2.29. The number of aryl methyl sites for hydroxylation is 1. The highest BCUT2D eigenvalue weighted by atomic mass is 16.5. The number of carbonyl (C=O) groups excluding carboxylic acids is 1. The number of methoxy groups -OCH3 is 1. The number of ether oxygens (including phenoxy) is 1. The molecule has 4 rings (SSSR count). The Morgan fingerprint density at radius 2 is 2.00 bits per heavy atom. The minimum absolute atomic E-state index is 0.256. The number of nitrogens with zero attached hydrogens (tertiary/aromatic N) is 3. The van der Waals surface area contributed by atoms with E-state index < -0.39 is 0 Å². The van der Waals surface area contributed by atoms with Gasteiger partial charge >= 0.3 is 0 Å². The van der Waals surface area contributed by atoms with Crippen LogP contribution in [-0.2, 0) is 6.42 Å². The Bertz CT molecular complexity index is 1150. The van der Waals surface area contributed by atoms with Crippen molar-refractivity contribution in [1.82, 2.24) is 25.5 Å². The maximum atomic E-state index is 12.5. The Morgan fingerprint density at radius 3 is 2.76 bits per heavy atom. The quantitative estimate of drug-likeness (QED) is 0.529. The molecule has 146 valence electrons.